The Morgan fingerprint density at radius 1 is 0.889 bits per heavy atom. The minimum atomic E-state index is -0.000682. The van der Waals surface area contributed by atoms with Crippen LogP contribution < -0.4 is 0 Å². The maximum Gasteiger partial charge on any atom is 0.157 e. The summed E-state index contributed by atoms with van der Waals surface area (Å²) in [5, 5.41) is 0. The number of unbranched alkanes of at least 4 members (excludes halogenated alkanes) is 4. The molecule has 0 saturated carbocycles. The van der Waals surface area contributed by atoms with Gasteiger partial charge in [0.15, 0.2) is 6.29 Å². The Morgan fingerprint density at radius 3 is 2.06 bits per heavy atom. The Hall–Kier alpha value is -0.0500. The lowest BCUT2D eigenvalue weighted by molar-refractivity contribution is -0.140. The Kier molecular flexibility index (Phi) is 15.0. The predicted molar refractivity (Wildman–Crippen MR) is 79.2 cm³/mol. The van der Waals surface area contributed by atoms with E-state index in [4.69, 9.17) is 21.1 Å². The van der Waals surface area contributed by atoms with Crippen molar-refractivity contribution < 1.29 is 9.47 Å². The quantitative estimate of drug-likeness (QED) is 0.206. The molecule has 0 N–H and O–H groups in total. The third kappa shape index (κ3) is 12.4. The van der Waals surface area contributed by atoms with Crippen LogP contribution >= 0.6 is 11.6 Å². The molecular weight excluding hydrogens is 248 g/mol. The first-order chi connectivity index (χ1) is 8.85. The van der Waals surface area contributed by atoms with Crippen molar-refractivity contribution in [1.29, 1.82) is 0 Å². The summed E-state index contributed by atoms with van der Waals surface area (Å²) >= 11 is 5.61. The molecule has 0 bridgehead atoms. The maximum absolute atomic E-state index is 5.61. The van der Waals surface area contributed by atoms with E-state index in [1.165, 1.54) is 25.7 Å². The monoisotopic (exact) mass is 276 g/mol. The summed E-state index contributed by atoms with van der Waals surface area (Å²) in [6, 6.07) is 0. The van der Waals surface area contributed by atoms with Gasteiger partial charge in [-0.15, -0.1) is 11.6 Å². The third-order valence-corrected chi connectivity index (χ3v) is 2.95. The number of allylic oxidation sites excluding steroid dienone is 2. The molecule has 0 aromatic rings. The molecule has 0 heterocycles. The summed E-state index contributed by atoms with van der Waals surface area (Å²) in [4.78, 5) is 0. The van der Waals surface area contributed by atoms with E-state index < -0.39 is 0 Å². The van der Waals surface area contributed by atoms with E-state index in [-0.39, 0.29) is 6.29 Å². The van der Waals surface area contributed by atoms with Crippen molar-refractivity contribution in [1.82, 2.24) is 0 Å². The van der Waals surface area contributed by atoms with Crippen molar-refractivity contribution in [3.05, 3.63) is 12.2 Å². The van der Waals surface area contributed by atoms with Crippen LogP contribution in [0.25, 0.3) is 0 Å². The van der Waals surface area contributed by atoms with E-state index in [0.29, 0.717) is 0 Å². The zero-order valence-corrected chi connectivity index (χ0v) is 12.8. The molecule has 3 heteroatoms. The average molecular weight is 277 g/mol. The van der Waals surface area contributed by atoms with Gasteiger partial charge in [-0.2, -0.15) is 0 Å². The third-order valence-electron chi connectivity index (χ3n) is 2.69. The molecule has 0 saturated heterocycles. The van der Waals surface area contributed by atoms with Gasteiger partial charge in [0.2, 0.25) is 0 Å². The van der Waals surface area contributed by atoms with E-state index in [1.54, 1.807) is 0 Å². The molecule has 18 heavy (non-hydrogen) atoms. The van der Waals surface area contributed by atoms with Crippen LogP contribution in [-0.2, 0) is 9.47 Å². The number of halogens is 1. The zero-order chi connectivity index (χ0) is 13.5. The molecule has 0 amide bonds. The lowest BCUT2D eigenvalue weighted by atomic mass is 10.1. The summed E-state index contributed by atoms with van der Waals surface area (Å²) in [6.07, 6.45) is 12.6. The van der Waals surface area contributed by atoms with Crippen LogP contribution in [0.2, 0.25) is 0 Å². The highest BCUT2D eigenvalue weighted by atomic mass is 35.5. The molecule has 0 atom stereocenters. The van der Waals surface area contributed by atoms with Crippen LogP contribution in [0.4, 0.5) is 0 Å². The lowest BCUT2D eigenvalue weighted by Crippen LogP contribution is -2.17. The maximum atomic E-state index is 5.61. The molecule has 0 aliphatic heterocycles. The topological polar surface area (TPSA) is 18.5 Å². The van der Waals surface area contributed by atoms with Crippen LogP contribution in [0.1, 0.15) is 58.8 Å². The average Bonchev–Trinajstić information content (AvgIpc) is 2.37. The predicted octanol–water partition coefficient (Wildman–Crippen LogP) is 4.91. The van der Waals surface area contributed by atoms with Crippen molar-refractivity contribution in [2.24, 2.45) is 0 Å². The number of alkyl halides is 1. The SMILES string of the molecule is CCOC(CCCCCC=CCCCCl)OCC. The number of rotatable bonds is 13. The molecule has 0 fully saturated rings. The van der Waals surface area contributed by atoms with E-state index in [0.717, 1.165) is 38.4 Å². The van der Waals surface area contributed by atoms with Crippen LogP contribution in [0, 0.1) is 0 Å². The Bertz CT molecular complexity index is 177. The van der Waals surface area contributed by atoms with Gasteiger partial charge in [0.1, 0.15) is 0 Å². The lowest BCUT2D eigenvalue weighted by Gasteiger charge is -2.16. The van der Waals surface area contributed by atoms with E-state index in [2.05, 4.69) is 12.2 Å². The molecule has 0 radical (unpaired) electrons. The fourth-order valence-electron chi connectivity index (χ4n) is 1.77. The summed E-state index contributed by atoms with van der Waals surface area (Å²) in [7, 11) is 0. The molecule has 0 rings (SSSR count). The molecule has 0 aromatic heterocycles. The van der Waals surface area contributed by atoms with Gasteiger partial charge in [-0.1, -0.05) is 18.6 Å². The highest BCUT2D eigenvalue weighted by Crippen LogP contribution is 2.10. The Labute approximate surface area is 118 Å². The molecule has 0 spiro atoms. The van der Waals surface area contributed by atoms with Gasteiger partial charge in [0.25, 0.3) is 0 Å². The molecular formula is C15H29ClO2. The van der Waals surface area contributed by atoms with Crippen molar-refractivity contribution >= 4 is 11.6 Å². The van der Waals surface area contributed by atoms with E-state index >= 15 is 0 Å². The summed E-state index contributed by atoms with van der Waals surface area (Å²) < 4.78 is 11.0. The van der Waals surface area contributed by atoms with Crippen LogP contribution in [0.3, 0.4) is 0 Å². The van der Waals surface area contributed by atoms with Crippen molar-refractivity contribution in [3.63, 3.8) is 0 Å². The van der Waals surface area contributed by atoms with Gasteiger partial charge in [-0.25, -0.2) is 0 Å². The highest BCUT2D eigenvalue weighted by Gasteiger charge is 2.06. The van der Waals surface area contributed by atoms with Gasteiger partial charge in [0, 0.05) is 19.1 Å². The minimum absolute atomic E-state index is 0.000682. The first kappa shape index (κ1) is 17.9. The van der Waals surface area contributed by atoms with Crippen molar-refractivity contribution in [3.8, 4) is 0 Å². The molecule has 0 unspecified atom stereocenters. The molecule has 108 valence electrons. The summed E-state index contributed by atoms with van der Waals surface area (Å²) in [6.45, 7) is 5.48. The molecule has 0 aliphatic carbocycles. The number of hydrogen-bond donors (Lipinski definition) is 0. The van der Waals surface area contributed by atoms with Gasteiger partial charge in [-0.3, -0.25) is 0 Å². The van der Waals surface area contributed by atoms with E-state index in [1.807, 2.05) is 13.8 Å². The van der Waals surface area contributed by atoms with Crippen LogP contribution in [0.15, 0.2) is 12.2 Å². The molecule has 2 nitrogen and oxygen atoms in total. The standard InChI is InChI=1S/C15H29ClO2/c1-3-17-15(18-4-2)13-11-9-7-5-6-8-10-12-14-16/h6,8,15H,3-5,7,9-14H2,1-2H3. The minimum Gasteiger partial charge on any atom is -0.353 e. The first-order valence-corrected chi connectivity index (χ1v) is 7.82. The largest absolute Gasteiger partial charge is 0.353 e. The first-order valence-electron chi connectivity index (χ1n) is 7.29. The van der Waals surface area contributed by atoms with Gasteiger partial charge in [0.05, 0.1) is 0 Å². The van der Waals surface area contributed by atoms with Crippen LogP contribution in [0.5, 0.6) is 0 Å². The van der Waals surface area contributed by atoms with Gasteiger partial charge >= 0.3 is 0 Å². The van der Waals surface area contributed by atoms with Crippen molar-refractivity contribution in [2.45, 2.75) is 65.1 Å². The summed E-state index contributed by atoms with van der Waals surface area (Å²) in [5.74, 6) is 0.764. The second kappa shape index (κ2) is 15.0. The normalized spacial score (nSPS) is 11.8. The fourth-order valence-corrected chi connectivity index (χ4v) is 1.92. The Balaban J connectivity index is 3.34. The van der Waals surface area contributed by atoms with Gasteiger partial charge in [-0.05, 0) is 52.4 Å². The fraction of sp³-hybridized carbons (Fsp3) is 0.867. The Morgan fingerprint density at radius 2 is 1.50 bits per heavy atom. The van der Waals surface area contributed by atoms with E-state index in [9.17, 15) is 0 Å². The summed E-state index contributed by atoms with van der Waals surface area (Å²) in [5.41, 5.74) is 0. The van der Waals surface area contributed by atoms with Crippen molar-refractivity contribution in [2.75, 3.05) is 19.1 Å². The molecule has 0 aliphatic rings. The van der Waals surface area contributed by atoms with Crippen LogP contribution in [-0.4, -0.2) is 25.4 Å². The zero-order valence-electron chi connectivity index (χ0n) is 12.0. The molecule has 0 aromatic carbocycles. The smallest absolute Gasteiger partial charge is 0.157 e. The number of hydrogen-bond acceptors (Lipinski definition) is 2. The second-order valence-electron chi connectivity index (χ2n) is 4.28. The highest BCUT2D eigenvalue weighted by molar-refractivity contribution is 6.17. The van der Waals surface area contributed by atoms with Gasteiger partial charge < -0.3 is 9.47 Å². The second-order valence-corrected chi connectivity index (χ2v) is 4.66. The number of ether oxygens (including phenoxy) is 2.